The minimum Gasteiger partial charge on any atom is -0.358 e. The monoisotopic (exact) mass is 1180 g/mol. The summed E-state index contributed by atoms with van der Waals surface area (Å²) in [4.78, 5) is 0. The van der Waals surface area contributed by atoms with Crippen LogP contribution in [-0.4, -0.2) is 353 Å². The maximum absolute atomic E-state index is 4.78. The zero-order valence-corrected chi connectivity index (χ0v) is 60.1. The molecule has 0 aromatic carbocycles. The molecule has 24 nitrogen and oxygen atoms in total. The van der Waals surface area contributed by atoms with Crippen molar-refractivity contribution in [1.82, 2.24) is 115 Å². The summed E-state index contributed by atoms with van der Waals surface area (Å²) in [7, 11) is 2.89. The van der Waals surface area contributed by atoms with Gasteiger partial charge in [0.2, 0.25) is 0 Å². The lowest BCUT2D eigenvalue weighted by atomic mass is 9.36. The van der Waals surface area contributed by atoms with Crippen LogP contribution in [0.5, 0.6) is 0 Å². The lowest BCUT2D eigenvalue weighted by molar-refractivity contribution is 0.339. The Balaban J connectivity index is 1.70. The predicted octanol–water partition coefficient (Wildman–Crippen LogP) is -1.38. The van der Waals surface area contributed by atoms with Crippen LogP contribution in [0.4, 0.5) is 0 Å². The summed E-state index contributed by atoms with van der Waals surface area (Å²) in [6.07, 6.45) is 0. The summed E-state index contributed by atoms with van der Waals surface area (Å²) in [6.45, 7) is 75.6. The van der Waals surface area contributed by atoms with E-state index in [9.17, 15) is 0 Å². The second kappa shape index (κ2) is 32.6. The minimum absolute atomic E-state index is 0.0130. The summed E-state index contributed by atoms with van der Waals surface area (Å²) in [5.74, 6) is 0. The van der Waals surface area contributed by atoms with Gasteiger partial charge in [-0.1, -0.05) is 166 Å². The molecular formula is C44H118B18N24. The number of hydrogen-bond acceptors (Lipinski definition) is 24. The van der Waals surface area contributed by atoms with Gasteiger partial charge in [-0.25, -0.2) is 0 Å². The van der Waals surface area contributed by atoms with Crippen molar-refractivity contribution in [2.75, 3.05) is 132 Å². The highest BCUT2D eigenvalue weighted by Crippen LogP contribution is 2.37. The fourth-order valence-electron chi connectivity index (χ4n) is 18.3. The van der Waals surface area contributed by atoms with Crippen molar-refractivity contribution < 1.29 is 0 Å². The Morgan fingerprint density at radius 1 is 0.221 bits per heavy atom. The lowest BCUT2D eigenvalue weighted by Gasteiger charge is -2.68. The smallest absolute Gasteiger partial charge is 0.358 e. The molecule has 0 aliphatic carbocycles. The van der Waals surface area contributed by atoms with Gasteiger partial charge in [0.15, 0.2) is 0 Å². The van der Waals surface area contributed by atoms with Gasteiger partial charge < -0.3 is 115 Å². The summed E-state index contributed by atoms with van der Waals surface area (Å²) < 4.78 is 57.1. The van der Waals surface area contributed by atoms with Crippen molar-refractivity contribution in [3.63, 3.8) is 0 Å². The third kappa shape index (κ3) is 12.5. The van der Waals surface area contributed by atoms with E-state index < -0.39 is 0 Å². The normalized spacial score (nSPS) is 24.2. The zero-order valence-electron chi connectivity index (χ0n) is 60.1. The summed E-state index contributed by atoms with van der Waals surface area (Å²) in [5, 5.41) is 17.4. The number of nitrogens with zero attached hydrogens (tertiary/aromatic N) is 20. The van der Waals surface area contributed by atoms with Gasteiger partial charge in [-0.3, -0.25) is 0 Å². The van der Waals surface area contributed by atoms with E-state index in [1.165, 1.54) is 0 Å². The first-order valence-corrected chi connectivity index (χ1v) is 35.5. The zero-order chi connectivity index (χ0) is 63.5. The molecular weight excluding hydrogens is 1060 g/mol. The summed E-state index contributed by atoms with van der Waals surface area (Å²) >= 11 is 0. The molecule has 0 atom stereocenters. The average Bonchev–Trinajstić information content (AvgIpc) is 0.931. The van der Waals surface area contributed by atoms with E-state index in [4.69, 9.17) is 5.14 Å². The van der Waals surface area contributed by atoms with Crippen LogP contribution >= 0.6 is 0 Å². The quantitative estimate of drug-likeness (QED) is 0.0853. The molecule has 0 unspecified atom stereocenters. The van der Waals surface area contributed by atoms with Gasteiger partial charge in [-0.2, -0.15) is 0 Å². The third-order valence-corrected chi connectivity index (χ3v) is 22.4. The van der Waals surface area contributed by atoms with Gasteiger partial charge in [0.05, 0.1) is 0 Å². The fraction of sp³-hybridized carbons (Fsp3) is 1.00. The molecule has 7 aliphatic heterocycles. The largest absolute Gasteiger partial charge is 0.381 e. The Labute approximate surface area is 537 Å². The Bertz CT molecular complexity index is 2020. The molecule has 4 N–H and O–H groups in total. The molecule has 42 heteroatoms. The molecule has 6 bridgehead atoms. The first-order chi connectivity index (χ1) is 41.4. The highest BCUT2D eigenvalue weighted by molar-refractivity contribution is 7.05. The average molecular weight is 1180 g/mol. The molecule has 468 valence electrons. The number of rotatable bonds is 24. The van der Waals surface area contributed by atoms with Crippen LogP contribution in [0.1, 0.15) is 125 Å². The molecule has 0 saturated carbocycles. The molecule has 0 aromatic heterocycles. The van der Waals surface area contributed by atoms with Crippen molar-refractivity contribution in [3.05, 3.63) is 0 Å². The van der Waals surface area contributed by atoms with Crippen LogP contribution in [0.2, 0.25) is 40.9 Å². The van der Waals surface area contributed by atoms with E-state index >= 15 is 0 Å². The topological polar surface area (TPSA) is 113 Å². The van der Waals surface area contributed by atoms with Crippen LogP contribution in [0.25, 0.3) is 0 Å². The molecule has 0 aromatic rings. The first kappa shape index (κ1) is 73.6. The van der Waals surface area contributed by atoms with E-state index in [1.54, 1.807) is 0 Å². The Morgan fingerprint density at radius 3 is 0.721 bits per heavy atom. The van der Waals surface area contributed by atoms with Crippen molar-refractivity contribution in [1.29, 1.82) is 0 Å². The van der Waals surface area contributed by atoms with Crippen LogP contribution in [-0.2, 0) is 0 Å². The number of fused-ring (bicyclic) bond motifs is 6. The minimum atomic E-state index is -0.202. The van der Waals surface area contributed by atoms with Crippen LogP contribution in [0, 0.1) is 0 Å². The second-order valence-electron chi connectivity index (χ2n) is 24.9. The van der Waals surface area contributed by atoms with Gasteiger partial charge >= 0.3 is 85.4 Å². The molecule has 0 amide bonds. The SMILES string of the molecule is CCN1B(C)N(CC)B(NB2N(CC)B3NB4N(CC)B(NC)N(CC)B(N4CC)N(B4N(CC)B(C)N(CC)B(NC)N4CC)B4N(CC)B(C)N(CC)B(N4CC)N(B4N(CC)B(C)N(CC)B(C)N4CC)B(N2CC)N3CC)N(CC)B1C. The third-order valence-electron chi connectivity index (χ3n) is 22.4. The first-order valence-electron chi connectivity index (χ1n) is 35.5. The summed E-state index contributed by atoms with van der Waals surface area (Å²) in [6, 6.07) is 0. The van der Waals surface area contributed by atoms with Gasteiger partial charge in [0, 0.05) is 0 Å². The van der Waals surface area contributed by atoms with Gasteiger partial charge in [0.25, 0.3) is 41.9 Å². The van der Waals surface area contributed by atoms with Crippen LogP contribution in [0.3, 0.4) is 0 Å². The fourth-order valence-corrected chi connectivity index (χ4v) is 18.3. The van der Waals surface area contributed by atoms with E-state index in [-0.39, 0.29) is 127 Å². The van der Waals surface area contributed by atoms with Crippen molar-refractivity contribution >= 4 is 127 Å². The molecule has 86 heavy (non-hydrogen) atoms. The maximum atomic E-state index is 4.78. The van der Waals surface area contributed by atoms with Gasteiger partial charge in [-0.15, -0.1) is 0 Å². The van der Waals surface area contributed by atoms with Gasteiger partial charge in [0.1, 0.15) is 0 Å². The van der Waals surface area contributed by atoms with Crippen molar-refractivity contribution in [2.45, 2.75) is 166 Å². The number of hydrogen-bond donors (Lipinski definition) is 4. The molecule has 7 rings (SSSR count). The Hall–Kier alpha value is 0.209. The van der Waals surface area contributed by atoms with E-state index in [1.807, 2.05) is 0 Å². The maximum Gasteiger partial charge on any atom is 0.381 e. The Morgan fingerprint density at radius 2 is 0.419 bits per heavy atom. The second-order valence-corrected chi connectivity index (χ2v) is 24.9. The molecule has 0 radical (unpaired) electrons. The van der Waals surface area contributed by atoms with E-state index in [0.717, 1.165) is 118 Å². The highest BCUT2D eigenvalue weighted by Gasteiger charge is 2.71. The van der Waals surface area contributed by atoms with Crippen LogP contribution in [0.15, 0.2) is 0 Å². The lowest BCUT2D eigenvalue weighted by Crippen LogP contribution is -3.00. The number of nitrogens with one attached hydrogen (secondary N) is 4. The molecule has 0 spiro atoms. The van der Waals surface area contributed by atoms with Gasteiger partial charge in [-0.05, 0) is 132 Å². The highest BCUT2D eigenvalue weighted by atomic mass is 15.6. The molecule has 7 heterocycles. The molecule has 7 aliphatic rings. The van der Waals surface area contributed by atoms with Crippen molar-refractivity contribution in [2.24, 2.45) is 0 Å². The predicted molar refractivity (Wildman–Crippen MR) is 390 cm³/mol. The van der Waals surface area contributed by atoms with E-state index in [0.29, 0.717) is 0 Å². The molecule has 7 saturated heterocycles. The van der Waals surface area contributed by atoms with Crippen LogP contribution < -0.4 is 20.7 Å². The Kier molecular flexibility index (Phi) is 27.9. The standard InChI is InChI=1S/C44H118B18N24/c1-27-67-45(19)70(30-4)53(71(31-5)46(67)20)65-55-78(38-12)56-66-54-77(37-11)52(64-26)80(40-14)61(81(54)41-15)86(58-74(34-8)49(23)69(29-3)51(63-25)79(58)39-13)60-76(36-10)50(24)75(35-9)59(84(60)44-18)85(62(82(55)42-16)83(56)43-17)57-72(32-6)47(21)68(28-2)48(22)73(57)33-7/h63-66H,27-44H2,1-26H3. The van der Waals surface area contributed by atoms with E-state index in [2.05, 4.69) is 290 Å². The molecule has 7 fully saturated rings. The van der Waals surface area contributed by atoms with Crippen molar-refractivity contribution in [3.8, 4) is 0 Å². The summed E-state index contributed by atoms with van der Waals surface area (Å²) in [5.41, 5.74) is 0.